The molecule has 1 N–H and O–H groups in total. The Labute approximate surface area is 132 Å². The molecule has 1 rings (SSSR count). The third-order valence-electron chi connectivity index (χ3n) is 3.35. The Morgan fingerprint density at radius 2 is 1.86 bits per heavy atom. The van der Waals surface area contributed by atoms with Crippen LogP contribution in [0.3, 0.4) is 0 Å². The molecule has 122 valence electrons. The van der Waals surface area contributed by atoms with Crippen LogP contribution in [0.25, 0.3) is 0 Å². The highest BCUT2D eigenvalue weighted by atomic mass is 16.5. The number of carbonyl (C=O) groups excluding carboxylic acids is 2. The van der Waals surface area contributed by atoms with E-state index in [0.29, 0.717) is 19.6 Å². The van der Waals surface area contributed by atoms with Crippen LogP contribution < -0.4 is 10.1 Å². The van der Waals surface area contributed by atoms with E-state index in [9.17, 15) is 9.59 Å². The molecule has 2 amide bonds. The number of ether oxygens (including phenoxy) is 1. The summed E-state index contributed by atoms with van der Waals surface area (Å²) in [5, 5.41) is 2.86. The molecule has 0 aliphatic carbocycles. The number of carbonyl (C=O) groups is 2. The standard InChI is InChI=1S/C17H26N2O3/c1-13(20)19(11-10-18-16(21)17(2,3)4)12-14-8-6-7-9-15(14)22-5/h6-9H,10-12H2,1-5H3,(H,18,21). The van der Waals surface area contributed by atoms with Crippen molar-refractivity contribution in [1.82, 2.24) is 10.2 Å². The third kappa shape index (κ3) is 5.39. The number of para-hydroxylation sites is 1. The lowest BCUT2D eigenvalue weighted by atomic mass is 9.96. The smallest absolute Gasteiger partial charge is 0.225 e. The Morgan fingerprint density at radius 3 is 2.41 bits per heavy atom. The molecule has 0 unspecified atom stereocenters. The molecule has 5 heteroatoms. The molecular formula is C17H26N2O3. The lowest BCUT2D eigenvalue weighted by molar-refractivity contribution is -0.131. The highest BCUT2D eigenvalue weighted by molar-refractivity contribution is 5.81. The molecule has 0 aromatic heterocycles. The van der Waals surface area contributed by atoms with Crippen molar-refractivity contribution in [3.63, 3.8) is 0 Å². The summed E-state index contributed by atoms with van der Waals surface area (Å²) in [5.74, 6) is 0.705. The van der Waals surface area contributed by atoms with Crippen LogP contribution in [0.1, 0.15) is 33.3 Å². The number of hydrogen-bond donors (Lipinski definition) is 1. The molecule has 1 aromatic rings. The van der Waals surface area contributed by atoms with Gasteiger partial charge in [-0.1, -0.05) is 39.0 Å². The number of methoxy groups -OCH3 is 1. The van der Waals surface area contributed by atoms with Crippen LogP contribution >= 0.6 is 0 Å². The van der Waals surface area contributed by atoms with E-state index >= 15 is 0 Å². The van der Waals surface area contributed by atoms with E-state index in [1.165, 1.54) is 6.92 Å². The molecule has 22 heavy (non-hydrogen) atoms. The van der Waals surface area contributed by atoms with E-state index in [1.807, 2.05) is 45.0 Å². The Morgan fingerprint density at radius 1 is 1.23 bits per heavy atom. The van der Waals surface area contributed by atoms with Gasteiger partial charge >= 0.3 is 0 Å². The molecule has 0 heterocycles. The summed E-state index contributed by atoms with van der Waals surface area (Å²) >= 11 is 0. The lowest BCUT2D eigenvalue weighted by Crippen LogP contribution is -2.41. The summed E-state index contributed by atoms with van der Waals surface area (Å²) in [4.78, 5) is 25.3. The van der Waals surface area contributed by atoms with Gasteiger partial charge in [0.1, 0.15) is 5.75 Å². The first-order chi connectivity index (χ1) is 10.3. The van der Waals surface area contributed by atoms with Crippen molar-refractivity contribution in [2.75, 3.05) is 20.2 Å². The van der Waals surface area contributed by atoms with Crippen molar-refractivity contribution in [2.24, 2.45) is 5.41 Å². The van der Waals surface area contributed by atoms with Crippen LogP contribution in [0.4, 0.5) is 0 Å². The summed E-state index contributed by atoms with van der Waals surface area (Å²) in [6.45, 7) is 8.48. The topological polar surface area (TPSA) is 58.6 Å². The minimum atomic E-state index is -0.427. The van der Waals surface area contributed by atoms with Crippen molar-refractivity contribution in [1.29, 1.82) is 0 Å². The molecule has 0 saturated heterocycles. The van der Waals surface area contributed by atoms with E-state index in [1.54, 1.807) is 12.0 Å². The van der Waals surface area contributed by atoms with E-state index < -0.39 is 5.41 Å². The predicted octanol–water partition coefficient (Wildman–Crippen LogP) is 2.21. The Hall–Kier alpha value is -2.04. The first kappa shape index (κ1) is 18.0. The fourth-order valence-electron chi connectivity index (χ4n) is 1.96. The summed E-state index contributed by atoms with van der Waals surface area (Å²) in [5.41, 5.74) is 0.520. The lowest BCUT2D eigenvalue weighted by Gasteiger charge is -2.24. The minimum Gasteiger partial charge on any atom is -0.496 e. The molecule has 1 aromatic carbocycles. The van der Waals surface area contributed by atoms with Crippen LogP contribution in [0, 0.1) is 5.41 Å². The number of benzene rings is 1. The van der Waals surface area contributed by atoms with Gasteiger partial charge in [0.2, 0.25) is 11.8 Å². The van der Waals surface area contributed by atoms with Gasteiger partial charge in [-0.2, -0.15) is 0 Å². The zero-order valence-electron chi connectivity index (χ0n) is 14.1. The van der Waals surface area contributed by atoms with Crippen molar-refractivity contribution in [2.45, 2.75) is 34.2 Å². The highest BCUT2D eigenvalue weighted by Gasteiger charge is 2.21. The first-order valence-corrected chi connectivity index (χ1v) is 7.41. The van der Waals surface area contributed by atoms with Crippen LogP contribution in [0.5, 0.6) is 5.75 Å². The van der Waals surface area contributed by atoms with Gasteiger partial charge in [-0.25, -0.2) is 0 Å². The fourth-order valence-corrected chi connectivity index (χ4v) is 1.96. The van der Waals surface area contributed by atoms with E-state index in [2.05, 4.69) is 5.32 Å². The quantitative estimate of drug-likeness (QED) is 0.876. The monoisotopic (exact) mass is 306 g/mol. The summed E-state index contributed by atoms with van der Waals surface area (Å²) in [6.07, 6.45) is 0. The van der Waals surface area contributed by atoms with E-state index in [-0.39, 0.29) is 11.8 Å². The molecular weight excluding hydrogens is 280 g/mol. The van der Waals surface area contributed by atoms with Gasteiger partial charge in [0.05, 0.1) is 7.11 Å². The highest BCUT2D eigenvalue weighted by Crippen LogP contribution is 2.19. The zero-order valence-corrected chi connectivity index (χ0v) is 14.1. The number of amides is 2. The predicted molar refractivity (Wildman–Crippen MR) is 86.5 cm³/mol. The van der Waals surface area contributed by atoms with Gasteiger partial charge in [-0.05, 0) is 6.07 Å². The molecule has 0 aliphatic heterocycles. The van der Waals surface area contributed by atoms with Gasteiger partial charge in [0, 0.05) is 37.5 Å². The third-order valence-corrected chi connectivity index (χ3v) is 3.35. The maximum atomic E-state index is 11.8. The van der Waals surface area contributed by atoms with Gasteiger partial charge in [0.15, 0.2) is 0 Å². The Balaban J connectivity index is 2.63. The molecule has 0 atom stereocenters. The van der Waals surface area contributed by atoms with Gasteiger partial charge in [-0.3, -0.25) is 9.59 Å². The van der Waals surface area contributed by atoms with E-state index in [0.717, 1.165) is 11.3 Å². The Kier molecular flexibility index (Phi) is 6.40. The second-order valence-corrected chi connectivity index (χ2v) is 6.26. The molecule has 5 nitrogen and oxygen atoms in total. The molecule has 0 radical (unpaired) electrons. The molecule has 0 fully saturated rings. The normalized spacial score (nSPS) is 11.0. The number of rotatable bonds is 6. The summed E-state index contributed by atoms with van der Waals surface area (Å²) < 4.78 is 5.31. The SMILES string of the molecule is COc1ccccc1CN(CCNC(=O)C(C)(C)C)C(C)=O. The molecule has 0 spiro atoms. The first-order valence-electron chi connectivity index (χ1n) is 7.41. The summed E-state index contributed by atoms with van der Waals surface area (Å²) in [7, 11) is 1.61. The average molecular weight is 306 g/mol. The van der Waals surface area contributed by atoms with Crippen molar-refractivity contribution in [3.05, 3.63) is 29.8 Å². The number of hydrogen-bond acceptors (Lipinski definition) is 3. The number of nitrogens with zero attached hydrogens (tertiary/aromatic N) is 1. The van der Waals surface area contributed by atoms with E-state index in [4.69, 9.17) is 4.74 Å². The number of nitrogens with one attached hydrogen (secondary N) is 1. The molecule has 0 saturated carbocycles. The Bertz CT molecular complexity index is 521. The van der Waals surface area contributed by atoms with Crippen LogP contribution in [0.2, 0.25) is 0 Å². The zero-order chi connectivity index (χ0) is 16.8. The van der Waals surface area contributed by atoms with Gasteiger partial charge in [-0.15, -0.1) is 0 Å². The fraction of sp³-hybridized carbons (Fsp3) is 0.529. The largest absolute Gasteiger partial charge is 0.496 e. The van der Waals surface area contributed by atoms with Crippen LogP contribution in [-0.4, -0.2) is 36.9 Å². The minimum absolute atomic E-state index is 0.0201. The van der Waals surface area contributed by atoms with Gasteiger partial charge < -0.3 is 15.0 Å². The van der Waals surface area contributed by atoms with Gasteiger partial charge in [0.25, 0.3) is 0 Å². The van der Waals surface area contributed by atoms with Crippen LogP contribution in [-0.2, 0) is 16.1 Å². The molecule has 0 aliphatic rings. The second kappa shape index (κ2) is 7.82. The maximum absolute atomic E-state index is 11.8. The maximum Gasteiger partial charge on any atom is 0.225 e. The van der Waals surface area contributed by atoms with Crippen molar-refractivity contribution >= 4 is 11.8 Å². The van der Waals surface area contributed by atoms with Crippen molar-refractivity contribution in [3.8, 4) is 5.75 Å². The summed E-state index contributed by atoms with van der Waals surface area (Å²) in [6, 6.07) is 7.61. The van der Waals surface area contributed by atoms with Crippen LogP contribution in [0.15, 0.2) is 24.3 Å². The second-order valence-electron chi connectivity index (χ2n) is 6.26. The van der Waals surface area contributed by atoms with Crippen molar-refractivity contribution < 1.29 is 14.3 Å². The molecule has 0 bridgehead atoms. The average Bonchev–Trinajstić information content (AvgIpc) is 2.45.